The quantitative estimate of drug-likeness (QED) is 0.333. The third kappa shape index (κ3) is 8.04. The topological polar surface area (TPSA) is 29.1 Å². The molecule has 0 saturated heterocycles. The molecule has 154 valence electrons. The number of rotatable bonds is 14. The van der Waals surface area contributed by atoms with Crippen LogP contribution in [0.4, 0.5) is 0 Å². The van der Waals surface area contributed by atoms with E-state index in [0.717, 1.165) is 6.42 Å². The minimum Gasteiger partial charge on any atom is -0.350 e. The average Bonchev–Trinajstić information content (AvgIpc) is 2.70. The third-order valence-electron chi connectivity index (χ3n) is 5.67. The molecule has 0 radical (unpaired) electrons. The molecule has 0 heterocycles. The Morgan fingerprint density at radius 3 is 2.00 bits per heavy atom. The van der Waals surface area contributed by atoms with E-state index in [-0.39, 0.29) is 11.9 Å². The van der Waals surface area contributed by atoms with Gasteiger partial charge in [0.15, 0.2) is 0 Å². The van der Waals surface area contributed by atoms with Crippen molar-refractivity contribution in [3.63, 3.8) is 0 Å². The summed E-state index contributed by atoms with van der Waals surface area (Å²) in [6, 6.07) is 15.0. The van der Waals surface area contributed by atoms with Crippen molar-refractivity contribution in [1.29, 1.82) is 0 Å². The monoisotopic (exact) mass is 381 g/mol. The summed E-state index contributed by atoms with van der Waals surface area (Å²) in [5, 5.41) is 5.69. The molecule has 0 fully saturated rings. The van der Waals surface area contributed by atoms with E-state index in [4.69, 9.17) is 0 Å². The fourth-order valence-electron chi connectivity index (χ4n) is 4.12. The van der Waals surface area contributed by atoms with E-state index in [9.17, 15) is 4.79 Å². The Hall–Kier alpha value is -1.83. The number of benzene rings is 2. The molecule has 1 amide bonds. The SMILES string of the molecule is CCCCCCCCCCCCCC(NC(C)=O)c1cccc2ccccc12. The highest BCUT2D eigenvalue weighted by Crippen LogP contribution is 2.28. The number of carbonyl (C=O) groups is 1. The summed E-state index contributed by atoms with van der Waals surface area (Å²) in [6.45, 7) is 3.90. The van der Waals surface area contributed by atoms with Crippen molar-refractivity contribution in [1.82, 2.24) is 5.32 Å². The standard InChI is InChI=1S/C26H39NO/c1-3-4-5-6-7-8-9-10-11-12-13-21-26(27-22(2)28)25-20-16-18-23-17-14-15-19-24(23)25/h14-20,26H,3-13,21H2,1-2H3,(H,27,28). The van der Waals surface area contributed by atoms with E-state index in [0.29, 0.717) is 0 Å². The van der Waals surface area contributed by atoms with Crippen molar-refractivity contribution in [3.05, 3.63) is 48.0 Å². The largest absolute Gasteiger partial charge is 0.350 e. The lowest BCUT2D eigenvalue weighted by molar-refractivity contribution is -0.119. The first-order valence-electron chi connectivity index (χ1n) is 11.5. The Labute approximate surface area is 172 Å². The molecule has 0 aliphatic carbocycles. The normalized spacial score (nSPS) is 12.2. The average molecular weight is 382 g/mol. The molecular weight excluding hydrogens is 342 g/mol. The minimum atomic E-state index is 0.0565. The van der Waals surface area contributed by atoms with Crippen molar-refractivity contribution in [2.24, 2.45) is 0 Å². The van der Waals surface area contributed by atoms with Gasteiger partial charge in [-0.15, -0.1) is 0 Å². The van der Waals surface area contributed by atoms with Crippen LogP contribution in [0.3, 0.4) is 0 Å². The summed E-state index contributed by atoms with van der Waals surface area (Å²) in [6.07, 6.45) is 15.9. The van der Waals surface area contributed by atoms with Crippen LogP contribution >= 0.6 is 0 Å². The number of fused-ring (bicyclic) bond motifs is 1. The van der Waals surface area contributed by atoms with Crippen LogP contribution in [0.15, 0.2) is 42.5 Å². The van der Waals surface area contributed by atoms with Gasteiger partial charge in [-0.2, -0.15) is 0 Å². The summed E-state index contributed by atoms with van der Waals surface area (Å²) < 4.78 is 0. The van der Waals surface area contributed by atoms with E-state index in [1.807, 2.05) is 0 Å². The van der Waals surface area contributed by atoms with E-state index >= 15 is 0 Å². The first kappa shape index (κ1) is 22.5. The summed E-state index contributed by atoms with van der Waals surface area (Å²) in [7, 11) is 0. The van der Waals surface area contributed by atoms with Gasteiger partial charge in [0.25, 0.3) is 0 Å². The summed E-state index contributed by atoms with van der Waals surface area (Å²) in [5.41, 5.74) is 1.25. The van der Waals surface area contributed by atoms with Crippen LogP contribution in [0.5, 0.6) is 0 Å². The van der Waals surface area contributed by atoms with Crippen LogP contribution in [-0.4, -0.2) is 5.91 Å². The van der Waals surface area contributed by atoms with Crippen molar-refractivity contribution in [2.75, 3.05) is 0 Å². The van der Waals surface area contributed by atoms with Crippen molar-refractivity contribution in [2.45, 2.75) is 96.9 Å². The fraction of sp³-hybridized carbons (Fsp3) is 0.577. The Kier molecular flexibility index (Phi) is 10.7. The maximum Gasteiger partial charge on any atom is 0.217 e. The van der Waals surface area contributed by atoms with Gasteiger partial charge in [-0.05, 0) is 22.8 Å². The molecule has 0 spiro atoms. The highest BCUT2D eigenvalue weighted by Gasteiger charge is 2.15. The van der Waals surface area contributed by atoms with Crippen molar-refractivity contribution in [3.8, 4) is 0 Å². The van der Waals surface area contributed by atoms with Gasteiger partial charge in [-0.3, -0.25) is 4.79 Å². The molecule has 2 rings (SSSR count). The summed E-state index contributed by atoms with van der Waals surface area (Å²) >= 11 is 0. The van der Waals surface area contributed by atoms with E-state index < -0.39 is 0 Å². The van der Waals surface area contributed by atoms with Gasteiger partial charge in [0.05, 0.1) is 6.04 Å². The molecule has 28 heavy (non-hydrogen) atoms. The second-order valence-corrected chi connectivity index (χ2v) is 8.15. The molecule has 1 unspecified atom stereocenters. The van der Waals surface area contributed by atoms with Crippen LogP contribution in [0, 0.1) is 0 Å². The van der Waals surface area contributed by atoms with Gasteiger partial charge < -0.3 is 5.32 Å². The third-order valence-corrected chi connectivity index (χ3v) is 5.67. The van der Waals surface area contributed by atoms with Crippen LogP contribution < -0.4 is 5.32 Å². The van der Waals surface area contributed by atoms with Crippen LogP contribution in [0.1, 0.15) is 103 Å². The lowest BCUT2D eigenvalue weighted by Crippen LogP contribution is -2.26. The van der Waals surface area contributed by atoms with Gasteiger partial charge >= 0.3 is 0 Å². The van der Waals surface area contributed by atoms with Gasteiger partial charge in [0, 0.05) is 6.92 Å². The van der Waals surface area contributed by atoms with Crippen molar-refractivity contribution < 1.29 is 4.79 Å². The Bertz CT molecular complexity index is 688. The number of hydrogen-bond acceptors (Lipinski definition) is 1. The van der Waals surface area contributed by atoms with E-state index in [1.165, 1.54) is 87.0 Å². The molecule has 2 nitrogen and oxygen atoms in total. The maximum absolute atomic E-state index is 11.8. The number of nitrogens with one attached hydrogen (secondary N) is 1. The summed E-state index contributed by atoms with van der Waals surface area (Å²) in [4.78, 5) is 11.8. The predicted molar refractivity (Wildman–Crippen MR) is 122 cm³/mol. The first-order valence-corrected chi connectivity index (χ1v) is 11.5. The molecule has 0 saturated carbocycles. The second kappa shape index (κ2) is 13.4. The molecule has 1 N–H and O–H groups in total. The molecular formula is C26H39NO. The lowest BCUT2D eigenvalue weighted by atomic mass is 9.94. The van der Waals surface area contributed by atoms with Crippen LogP contribution in [0.25, 0.3) is 10.8 Å². The maximum atomic E-state index is 11.8. The Balaban J connectivity index is 1.74. The van der Waals surface area contributed by atoms with Gasteiger partial charge in [-0.1, -0.05) is 120 Å². The highest BCUT2D eigenvalue weighted by atomic mass is 16.1. The molecule has 0 aromatic heterocycles. The molecule has 1 atom stereocenters. The van der Waals surface area contributed by atoms with Crippen LogP contribution in [0.2, 0.25) is 0 Å². The molecule has 2 aromatic carbocycles. The molecule has 2 heteroatoms. The summed E-state index contributed by atoms with van der Waals surface area (Å²) in [5.74, 6) is 0.0565. The number of carbonyl (C=O) groups excluding carboxylic acids is 1. The lowest BCUT2D eigenvalue weighted by Gasteiger charge is -2.20. The molecule has 0 bridgehead atoms. The van der Waals surface area contributed by atoms with E-state index in [1.54, 1.807) is 6.92 Å². The van der Waals surface area contributed by atoms with Gasteiger partial charge in [0.2, 0.25) is 5.91 Å². The van der Waals surface area contributed by atoms with Gasteiger partial charge in [-0.25, -0.2) is 0 Å². The number of hydrogen-bond donors (Lipinski definition) is 1. The minimum absolute atomic E-state index is 0.0565. The second-order valence-electron chi connectivity index (χ2n) is 8.15. The zero-order valence-corrected chi connectivity index (χ0v) is 18.0. The van der Waals surface area contributed by atoms with E-state index in [2.05, 4.69) is 54.7 Å². The van der Waals surface area contributed by atoms with Crippen molar-refractivity contribution >= 4 is 16.7 Å². The molecule has 0 aliphatic rings. The zero-order valence-electron chi connectivity index (χ0n) is 18.0. The Morgan fingerprint density at radius 2 is 1.36 bits per heavy atom. The smallest absolute Gasteiger partial charge is 0.217 e. The number of amides is 1. The highest BCUT2D eigenvalue weighted by molar-refractivity contribution is 5.86. The zero-order chi connectivity index (χ0) is 20.0. The molecule has 0 aliphatic heterocycles. The molecule has 2 aromatic rings. The number of unbranched alkanes of at least 4 members (excludes halogenated alkanes) is 10. The fourth-order valence-corrected chi connectivity index (χ4v) is 4.12. The van der Waals surface area contributed by atoms with Crippen LogP contribution in [-0.2, 0) is 4.79 Å². The Morgan fingerprint density at radius 1 is 0.786 bits per heavy atom. The first-order chi connectivity index (χ1) is 13.7. The predicted octanol–water partition coefficient (Wildman–Crippen LogP) is 7.72. The van der Waals surface area contributed by atoms with Gasteiger partial charge in [0.1, 0.15) is 0 Å².